The van der Waals surface area contributed by atoms with Crippen molar-refractivity contribution in [1.82, 2.24) is 9.97 Å². The van der Waals surface area contributed by atoms with Gasteiger partial charge in [-0.15, -0.1) is 0 Å². The number of hydrogen-bond donors (Lipinski definition) is 2. The minimum Gasteiger partial charge on any atom is -0.493 e. The van der Waals surface area contributed by atoms with Gasteiger partial charge in [-0.05, 0) is 18.9 Å². The molecule has 2 aromatic rings. The average molecular weight is 360 g/mol. The monoisotopic (exact) mass is 360 g/mol. The third kappa shape index (κ3) is 4.26. The molecule has 2 heterocycles. The summed E-state index contributed by atoms with van der Waals surface area (Å²) in [6, 6.07) is 5.44. The predicted molar refractivity (Wildman–Crippen MR) is 98.9 cm³/mol. The summed E-state index contributed by atoms with van der Waals surface area (Å²) in [4.78, 5) is 8.73. The van der Waals surface area contributed by atoms with Crippen molar-refractivity contribution >= 4 is 17.5 Å². The summed E-state index contributed by atoms with van der Waals surface area (Å²) in [5.74, 6) is 2.89. The van der Waals surface area contributed by atoms with E-state index >= 15 is 0 Å². The maximum Gasteiger partial charge on any atom is 0.224 e. The zero-order valence-corrected chi connectivity index (χ0v) is 15.2. The summed E-state index contributed by atoms with van der Waals surface area (Å²) in [6.07, 6.45) is 4.10. The number of aromatic nitrogens is 2. The summed E-state index contributed by atoms with van der Waals surface area (Å²) in [6.45, 7) is 1.53. The number of methoxy groups -OCH3 is 3. The second-order valence-electron chi connectivity index (χ2n) is 5.82. The van der Waals surface area contributed by atoms with E-state index in [1.807, 2.05) is 12.1 Å². The molecule has 0 amide bonds. The first kappa shape index (κ1) is 18.1. The summed E-state index contributed by atoms with van der Waals surface area (Å²) in [7, 11) is 4.74. The van der Waals surface area contributed by atoms with E-state index in [4.69, 9.17) is 18.9 Å². The molecule has 0 bridgehead atoms. The average Bonchev–Trinajstić information content (AvgIpc) is 3.19. The zero-order chi connectivity index (χ0) is 18.4. The van der Waals surface area contributed by atoms with Gasteiger partial charge in [0.1, 0.15) is 5.82 Å². The van der Waals surface area contributed by atoms with Gasteiger partial charge in [-0.1, -0.05) is 0 Å². The molecular weight excluding hydrogens is 336 g/mol. The quantitative estimate of drug-likeness (QED) is 0.743. The fourth-order valence-corrected chi connectivity index (χ4v) is 2.83. The number of ether oxygens (including phenoxy) is 4. The van der Waals surface area contributed by atoms with Gasteiger partial charge >= 0.3 is 0 Å². The van der Waals surface area contributed by atoms with Crippen molar-refractivity contribution in [2.45, 2.75) is 18.9 Å². The van der Waals surface area contributed by atoms with Crippen LogP contribution in [0.15, 0.2) is 24.4 Å². The lowest BCUT2D eigenvalue weighted by molar-refractivity contribution is 0.120. The van der Waals surface area contributed by atoms with Crippen molar-refractivity contribution < 1.29 is 18.9 Å². The number of anilines is 3. The third-order valence-electron chi connectivity index (χ3n) is 4.10. The van der Waals surface area contributed by atoms with Crippen LogP contribution < -0.4 is 24.8 Å². The van der Waals surface area contributed by atoms with Crippen molar-refractivity contribution in [1.29, 1.82) is 0 Å². The number of hydrogen-bond acceptors (Lipinski definition) is 8. The zero-order valence-electron chi connectivity index (χ0n) is 15.2. The molecule has 1 aliphatic heterocycles. The summed E-state index contributed by atoms with van der Waals surface area (Å²) in [5.41, 5.74) is 0.767. The van der Waals surface area contributed by atoms with Crippen LogP contribution in [-0.2, 0) is 4.74 Å². The van der Waals surface area contributed by atoms with Crippen molar-refractivity contribution in [2.75, 3.05) is 45.1 Å². The van der Waals surface area contributed by atoms with Crippen molar-refractivity contribution in [3.63, 3.8) is 0 Å². The molecule has 1 atom stereocenters. The Kier molecular flexibility index (Phi) is 5.96. The maximum absolute atomic E-state index is 5.60. The predicted octanol–water partition coefficient (Wildman–Crippen LogP) is 2.84. The van der Waals surface area contributed by atoms with Crippen molar-refractivity contribution in [2.24, 2.45) is 0 Å². The first-order valence-electron chi connectivity index (χ1n) is 8.49. The molecular formula is C18H24N4O4. The Labute approximate surface area is 152 Å². The first-order chi connectivity index (χ1) is 12.7. The number of benzene rings is 1. The molecule has 2 N–H and O–H groups in total. The number of nitrogens with one attached hydrogen (secondary N) is 2. The van der Waals surface area contributed by atoms with Crippen LogP contribution in [-0.4, -0.2) is 50.6 Å². The summed E-state index contributed by atoms with van der Waals surface area (Å²) in [5, 5.41) is 6.45. The van der Waals surface area contributed by atoms with Crippen LogP contribution >= 0.6 is 0 Å². The lowest BCUT2D eigenvalue weighted by Crippen LogP contribution is -2.19. The van der Waals surface area contributed by atoms with Crippen molar-refractivity contribution in [3.05, 3.63) is 24.4 Å². The Morgan fingerprint density at radius 1 is 1.15 bits per heavy atom. The van der Waals surface area contributed by atoms with E-state index in [0.717, 1.165) is 25.1 Å². The van der Waals surface area contributed by atoms with Gasteiger partial charge in [0.2, 0.25) is 11.7 Å². The van der Waals surface area contributed by atoms with Gasteiger partial charge in [0, 0.05) is 37.2 Å². The van der Waals surface area contributed by atoms with Crippen LogP contribution in [0.25, 0.3) is 0 Å². The molecule has 1 aliphatic rings. The minimum absolute atomic E-state index is 0.227. The molecule has 0 aliphatic carbocycles. The highest BCUT2D eigenvalue weighted by molar-refractivity contribution is 5.66. The highest BCUT2D eigenvalue weighted by Crippen LogP contribution is 2.40. The van der Waals surface area contributed by atoms with Crippen LogP contribution in [0.5, 0.6) is 17.2 Å². The van der Waals surface area contributed by atoms with Gasteiger partial charge in [-0.25, -0.2) is 4.98 Å². The van der Waals surface area contributed by atoms with E-state index in [0.29, 0.717) is 35.6 Å². The van der Waals surface area contributed by atoms with Crippen LogP contribution in [0, 0.1) is 0 Å². The molecule has 1 aromatic carbocycles. The Balaban J connectivity index is 1.73. The SMILES string of the molecule is COc1cc(Nc2ccnc(NCC3CCCO3)n2)cc(OC)c1OC. The van der Waals surface area contributed by atoms with Crippen LogP contribution in [0.2, 0.25) is 0 Å². The van der Waals surface area contributed by atoms with Gasteiger partial charge < -0.3 is 29.6 Å². The second kappa shape index (κ2) is 8.57. The molecule has 1 unspecified atom stereocenters. The molecule has 0 spiro atoms. The minimum atomic E-state index is 0.227. The fourth-order valence-electron chi connectivity index (χ4n) is 2.83. The molecule has 1 aromatic heterocycles. The van der Waals surface area contributed by atoms with E-state index in [1.54, 1.807) is 33.6 Å². The molecule has 26 heavy (non-hydrogen) atoms. The molecule has 1 saturated heterocycles. The van der Waals surface area contributed by atoms with E-state index < -0.39 is 0 Å². The number of nitrogens with zero attached hydrogens (tertiary/aromatic N) is 2. The molecule has 1 fully saturated rings. The lowest BCUT2D eigenvalue weighted by atomic mass is 10.2. The molecule has 0 saturated carbocycles. The lowest BCUT2D eigenvalue weighted by Gasteiger charge is -2.15. The first-order valence-corrected chi connectivity index (χ1v) is 8.49. The molecule has 140 valence electrons. The van der Waals surface area contributed by atoms with E-state index in [-0.39, 0.29) is 6.10 Å². The largest absolute Gasteiger partial charge is 0.493 e. The summed E-state index contributed by atoms with van der Waals surface area (Å²) >= 11 is 0. The van der Waals surface area contributed by atoms with Gasteiger partial charge in [0.25, 0.3) is 0 Å². The van der Waals surface area contributed by atoms with E-state index in [2.05, 4.69) is 20.6 Å². The van der Waals surface area contributed by atoms with E-state index in [9.17, 15) is 0 Å². The van der Waals surface area contributed by atoms with Gasteiger partial charge in [0.05, 0.1) is 27.4 Å². The van der Waals surface area contributed by atoms with Crippen LogP contribution in [0.3, 0.4) is 0 Å². The molecule has 3 rings (SSSR count). The van der Waals surface area contributed by atoms with Gasteiger partial charge in [-0.3, -0.25) is 0 Å². The topological polar surface area (TPSA) is 86.8 Å². The summed E-state index contributed by atoms with van der Waals surface area (Å²) < 4.78 is 21.7. The Bertz CT molecular complexity index is 710. The standard InChI is InChI=1S/C18H24N4O4/c1-23-14-9-12(10-15(24-2)17(14)25-3)21-16-6-7-19-18(22-16)20-11-13-5-4-8-26-13/h6-7,9-10,13H,4-5,8,11H2,1-3H3,(H2,19,20,21,22). The number of rotatable bonds is 8. The molecule has 8 nitrogen and oxygen atoms in total. The maximum atomic E-state index is 5.60. The van der Waals surface area contributed by atoms with E-state index in [1.165, 1.54) is 0 Å². The van der Waals surface area contributed by atoms with Gasteiger partial charge in [-0.2, -0.15) is 4.98 Å². The highest BCUT2D eigenvalue weighted by Gasteiger charge is 2.16. The smallest absolute Gasteiger partial charge is 0.224 e. The van der Waals surface area contributed by atoms with Gasteiger partial charge in [0.15, 0.2) is 11.5 Å². The highest BCUT2D eigenvalue weighted by atomic mass is 16.5. The Hall–Kier alpha value is -2.74. The molecule has 8 heteroatoms. The normalized spacial score (nSPS) is 16.2. The van der Waals surface area contributed by atoms with Crippen LogP contribution in [0.4, 0.5) is 17.5 Å². The fraction of sp³-hybridized carbons (Fsp3) is 0.444. The Morgan fingerprint density at radius 2 is 1.92 bits per heavy atom. The Morgan fingerprint density at radius 3 is 2.54 bits per heavy atom. The van der Waals surface area contributed by atoms with Crippen LogP contribution in [0.1, 0.15) is 12.8 Å². The third-order valence-corrected chi connectivity index (χ3v) is 4.10. The molecule has 0 radical (unpaired) electrons. The second-order valence-corrected chi connectivity index (χ2v) is 5.82. The van der Waals surface area contributed by atoms with Crippen molar-refractivity contribution in [3.8, 4) is 17.2 Å².